The number of aromatic nitrogens is 2. The van der Waals surface area contributed by atoms with E-state index in [4.69, 9.17) is 18.0 Å². The maximum atomic E-state index is 12.5. The fraction of sp³-hybridized carbons (Fsp3) is 0.0526. The number of hydrogen-bond acceptors (Lipinski definition) is 4. The zero-order valence-corrected chi connectivity index (χ0v) is 15.1. The maximum Gasteiger partial charge on any atom is 0.269 e. The van der Waals surface area contributed by atoms with Crippen molar-refractivity contribution in [2.24, 2.45) is 5.73 Å². The lowest BCUT2D eigenvalue weighted by molar-refractivity contribution is 0.0975. The molecule has 0 atom stereocenters. The molecule has 0 aliphatic carbocycles. The third-order valence-electron chi connectivity index (χ3n) is 3.81. The highest BCUT2D eigenvalue weighted by atomic mass is 32.1. The van der Waals surface area contributed by atoms with Gasteiger partial charge in [0.25, 0.3) is 11.8 Å². The highest BCUT2D eigenvalue weighted by Gasteiger charge is 2.23. The molecule has 0 spiro atoms. The van der Waals surface area contributed by atoms with E-state index in [0.29, 0.717) is 12.1 Å². The zero-order valence-electron chi connectivity index (χ0n) is 14.3. The van der Waals surface area contributed by atoms with Gasteiger partial charge in [-0.15, -0.1) is 0 Å². The Labute approximate surface area is 161 Å². The highest BCUT2D eigenvalue weighted by Crippen LogP contribution is 2.19. The number of amides is 2. The van der Waals surface area contributed by atoms with Crippen molar-refractivity contribution >= 4 is 35.0 Å². The molecule has 3 aromatic rings. The summed E-state index contributed by atoms with van der Waals surface area (Å²) >= 11 is 5.43. The molecule has 8 heteroatoms. The van der Waals surface area contributed by atoms with Crippen molar-refractivity contribution in [3.63, 3.8) is 0 Å². The first-order valence-electron chi connectivity index (χ1n) is 8.11. The van der Waals surface area contributed by atoms with Crippen molar-refractivity contribution in [1.29, 1.82) is 0 Å². The number of nitrogens with one attached hydrogen (secondary N) is 2. The minimum Gasteiger partial charge on any atom is -0.364 e. The third-order valence-corrected chi connectivity index (χ3v) is 4.13. The molecule has 0 bridgehead atoms. The Morgan fingerprint density at radius 1 is 1.07 bits per heavy atom. The first-order valence-corrected chi connectivity index (χ1v) is 8.52. The van der Waals surface area contributed by atoms with Crippen molar-refractivity contribution in [2.45, 2.75) is 6.54 Å². The van der Waals surface area contributed by atoms with Gasteiger partial charge < -0.3 is 10.7 Å². The van der Waals surface area contributed by atoms with Crippen LogP contribution in [0.2, 0.25) is 0 Å². The standard InChI is InChI=1S/C19H17N5O2S/c20-16(25)15-17(22-12-21-15)24(11-13-7-3-1-4-8-13)19(27)23-18(26)14-9-5-2-6-10-14/h1-10,12H,11H2,(H2,20,25)(H,21,22)(H,23,26,27). The summed E-state index contributed by atoms with van der Waals surface area (Å²) in [7, 11) is 0. The number of primary amides is 1. The minimum absolute atomic E-state index is 0.113. The second-order valence-electron chi connectivity index (χ2n) is 5.66. The molecule has 0 saturated carbocycles. The molecule has 2 amide bonds. The largest absolute Gasteiger partial charge is 0.364 e. The topological polar surface area (TPSA) is 104 Å². The normalized spacial score (nSPS) is 10.2. The van der Waals surface area contributed by atoms with E-state index in [9.17, 15) is 9.59 Å². The predicted octanol–water partition coefficient (Wildman–Crippen LogP) is 2.23. The lowest BCUT2D eigenvalue weighted by Crippen LogP contribution is -2.43. The maximum absolute atomic E-state index is 12.5. The minimum atomic E-state index is -0.669. The Morgan fingerprint density at radius 2 is 1.70 bits per heavy atom. The summed E-state index contributed by atoms with van der Waals surface area (Å²) < 4.78 is 0. The van der Waals surface area contributed by atoms with Gasteiger partial charge in [0, 0.05) is 5.56 Å². The number of imidazole rings is 1. The monoisotopic (exact) mass is 379 g/mol. The van der Waals surface area contributed by atoms with Gasteiger partial charge in [0.05, 0.1) is 12.9 Å². The number of thiocarbonyl (C=S) groups is 1. The summed E-state index contributed by atoms with van der Waals surface area (Å²) in [6.07, 6.45) is 1.36. The van der Waals surface area contributed by atoms with E-state index in [1.165, 1.54) is 6.33 Å². The van der Waals surface area contributed by atoms with Crippen LogP contribution in [0.1, 0.15) is 26.4 Å². The van der Waals surface area contributed by atoms with E-state index in [-0.39, 0.29) is 22.5 Å². The van der Waals surface area contributed by atoms with E-state index in [1.807, 2.05) is 36.4 Å². The van der Waals surface area contributed by atoms with Crippen LogP contribution in [0.5, 0.6) is 0 Å². The molecule has 2 aromatic carbocycles. The lowest BCUT2D eigenvalue weighted by Gasteiger charge is -2.24. The number of nitrogens with zero attached hydrogens (tertiary/aromatic N) is 2. The summed E-state index contributed by atoms with van der Waals surface area (Å²) in [6.45, 7) is 0.305. The predicted molar refractivity (Wildman–Crippen MR) is 106 cm³/mol. The Kier molecular flexibility index (Phi) is 5.58. The molecule has 1 heterocycles. The van der Waals surface area contributed by atoms with Gasteiger partial charge in [-0.2, -0.15) is 0 Å². The smallest absolute Gasteiger partial charge is 0.269 e. The molecule has 4 N–H and O–H groups in total. The number of carbonyl (C=O) groups is 2. The number of nitrogens with two attached hydrogens (primary N) is 1. The summed E-state index contributed by atoms with van der Waals surface area (Å²) in [5, 5.41) is 2.80. The Hall–Kier alpha value is -3.52. The molecule has 0 fully saturated rings. The second-order valence-corrected chi connectivity index (χ2v) is 6.05. The summed E-state index contributed by atoms with van der Waals surface area (Å²) in [5.41, 5.74) is 6.92. The summed E-state index contributed by atoms with van der Waals surface area (Å²) in [5.74, 6) is -0.766. The number of aromatic amines is 1. The van der Waals surface area contributed by atoms with Gasteiger partial charge in [-0.1, -0.05) is 48.5 Å². The van der Waals surface area contributed by atoms with Crippen LogP contribution < -0.4 is 16.0 Å². The van der Waals surface area contributed by atoms with E-state index in [2.05, 4.69) is 15.3 Å². The SMILES string of the molecule is NC(=O)c1[nH]cnc1N(Cc1ccccc1)C(=S)NC(=O)c1ccccc1. The molecule has 0 aliphatic heterocycles. The average molecular weight is 379 g/mol. The molecule has 0 unspecified atom stereocenters. The van der Waals surface area contributed by atoms with E-state index in [0.717, 1.165) is 5.56 Å². The summed E-state index contributed by atoms with van der Waals surface area (Å²) in [6, 6.07) is 18.2. The van der Waals surface area contributed by atoms with Gasteiger partial charge in [-0.3, -0.25) is 19.8 Å². The number of hydrogen-bond donors (Lipinski definition) is 3. The van der Waals surface area contributed by atoms with Crippen molar-refractivity contribution in [2.75, 3.05) is 4.90 Å². The van der Waals surface area contributed by atoms with E-state index in [1.54, 1.807) is 29.2 Å². The van der Waals surface area contributed by atoms with Crippen LogP contribution in [0.4, 0.5) is 5.82 Å². The first kappa shape index (κ1) is 18.3. The molecule has 0 aliphatic rings. The zero-order chi connectivity index (χ0) is 19.2. The van der Waals surface area contributed by atoms with Gasteiger partial charge >= 0.3 is 0 Å². The molecular weight excluding hydrogens is 362 g/mol. The average Bonchev–Trinajstić information content (AvgIpc) is 3.17. The number of H-pyrrole nitrogens is 1. The quantitative estimate of drug-likeness (QED) is 0.590. The van der Waals surface area contributed by atoms with Crippen molar-refractivity contribution < 1.29 is 9.59 Å². The summed E-state index contributed by atoms with van der Waals surface area (Å²) in [4.78, 5) is 32.6. The molecule has 136 valence electrons. The fourth-order valence-electron chi connectivity index (χ4n) is 2.51. The van der Waals surface area contributed by atoms with E-state index >= 15 is 0 Å². The Morgan fingerprint density at radius 3 is 2.33 bits per heavy atom. The van der Waals surface area contributed by atoms with Crippen LogP contribution in [-0.4, -0.2) is 26.9 Å². The number of carbonyl (C=O) groups excluding carboxylic acids is 2. The number of anilines is 1. The van der Waals surface area contributed by atoms with Crippen LogP contribution in [0.25, 0.3) is 0 Å². The van der Waals surface area contributed by atoms with Crippen molar-refractivity contribution in [1.82, 2.24) is 15.3 Å². The molecule has 7 nitrogen and oxygen atoms in total. The van der Waals surface area contributed by atoms with Gasteiger partial charge in [-0.05, 0) is 29.9 Å². The molecule has 27 heavy (non-hydrogen) atoms. The van der Waals surface area contributed by atoms with Gasteiger partial charge in [-0.25, -0.2) is 4.98 Å². The second kappa shape index (κ2) is 8.24. The lowest BCUT2D eigenvalue weighted by atomic mass is 10.2. The first-order chi connectivity index (χ1) is 13.1. The van der Waals surface area contributed by atoms with Crippen molar-refractivity contribution in [3.05, 3.63) is 83.8 Å². The van der Waals surface area contributed by atoms with Gasteiger partial charge in [0.1, 0.15) is 5.69 Å². The fourth-order valence-corrected chi connectivity index (χ4v) is 2.75. The van der Waals surface area contributed by atoms with Crippen LogP contribution in [0, 0.1) is 0 Å². The van der Waals surface area contributed by atoms with Crippen LogP contribution in [-0.2, 0) is 6.54 Å². The van der Waals surface area contributed by atoms with Crippen molar-refractivity contribution in [3.8, 4) is 0 Å². The number of rotatable bonds is 5. The van der Waals surface area contributed by atoms with E-state index < -0.39 is 5.91 Å². The van der Waals surface area contributed by atoms with Crippen LogP contribution in [0.3, 0.4) is 0 Å². The van der Waals surface area contributed by atoms with Crippen LogP contribution >= 0.6 is 12.2 Å². The Bertz CT molecular complexity index is 957. The third kappa shape index (κ3) is 4.36. The number of benzene rings is 2. The molecule has 3 rings (SSSR count). The molecule has 0 radical (unpaired) electrons. The van der Waals surface area contributed by atoms with Crippen LogP contribution in [0.15, 0.2) is 67.0 Å². The van der Waals surface area contributed by atoms with Gasteiger partial charge in [0.15, 0.2) is 10.9 Å². The highest BCUT2D eigenvalue weighted by molar-refractivity contribution is 7.80. The Balaban J connectivity index is 1.89. The molecular formula is C19H17N5O2S. The molecule has 1 aromatic heterocycles. The molecule has 0 saturated heterocycles. The van der Waals surface area contributed by atoms with Gasteiger partial charge in [0.2, 0.25) is 0 Å².